The van der Waals surface area contributed by atoms with Crippen molar-refractivity contribution in [1.82, 2.24) is 4.90 Å². The van der Waals surface area contributed by atoms with Gasteiger partial charge >= 0.3 is 0 Å². The highest BCUT2D eigenvalue weighted by molar-refractivity contribution is 6.07. The maximum absolute atomic E-state index is 13.2. The molecule has 1 N–H and O–H groups in total. The molecule has 0 aliphatic carbocycles. The molecule has 0 radical (unpaired) electrons. The van der Waals surface area contributed by atoms with Gasteiger partial charge in [-0.3, -0.25) is 9.59 Å². The first-order valence-electron chi connectivity index (χ1n) is 9.74. The Kier molecular flexibility index (Phi) is 5.26. The van der Waals surface area contributed by atoms with Gasteiger partial charge in [0.25, 0.3) is 5.91 Å². The fraction of sp³-hybridized carbons (Fsp3) is 0.208. The lowest BCUT2D eigenvalue weighted by Gasteiger charge is -2.32. The van der Waals surface area contributed by atoms with Crippen molar-refractivity contribution >= 4 is 28.3 Å². The molecule has 1 aliphatic rings. The number of carbonyl (C=O) groups excluding carboxylic acids is 2. The molecular formula is C24H21N3O2. The summed E-state index contributed by atoms with van der Waals surface area (Å²) in [6.07, 6.45) is 1.55. The summed E-state index contributed by atoms with van der Waals surface area (Å²) in [5.41, 5.74) is 1.88. The number of nitriles is 1. The van der Waals surface area contributed by atoms with Crippen LogP contribution in [0.5, 0.6) is 0 Å². The Morgan fingerprint density at radius 3 is 2.55 bits per heavy atom. The normalized spacial score (nSPS) is 16.2. The minimum atomic E-state index is -0.252. The van der Waals surface area contributed by atoms with Crippen LogP contribution in [0.25, 0.3) is 10.8 Å². The Morgan fingerprint density at radius 2 is 1.76 bits per heavy atom. The lowest BCUT2D eigenvalue weighted by molar-refractivity contribution is -0.121. The number of fused-ring (bicyclic) bond motifs is 1. The first kappa shape index (κ1) is 18.7. The second kappa shape index (κ2) is 8.15. The number of anilines is 1. The van der Waals surface area contributed by atoms with Crippen LogP contribution in [0.15, 0.2) is 66.7 Å². The number of amides is 2. The SMILES string of the molecule is N#Cc1ccc(NC(=O)C2CCCN(C(=O)c3cccc4ccccc34)C2)cc1. The Bertz CT molecular complexity index is 1090. The number of rotatable bonds is 3. The number of carbonyl (C=O) groups is 2. The molecule has 1 heterocycles. The van der Waals surface area contributed by atoms with Crippen LogP contribution >= 0.6 is 0 Å². The van der Waals surface area contributed by atoms with E-state index in [1.165, 1.54) is 0 Å². The maximum atomic E-state index is 13.2. The Balaban J connectivity index is 1.48. The second-order valence-corrected chi connectivity index (χ2v) is 7.30. The monoisotopic (exact) mass is 383 g/mol. The van der Waals surface area contributed by atoms with E-state index >= 15 is 0 Å². The highest BCUT2D eigenvalue weighted by Gasteiger charge is 2.29. The maximum Gasteiger partial charge on any atom is 0.254 e. The summed E-state index contributed by atoms with van der Waals surface area (Å²) in [7, 11) is 0. The average Bonchev–Trinajstić information content (AvgIpc) is 2.79. The standard InChI is InChI=1S/C24H21N3O2/c25-15-17-10-12-20(13-11-17)26-23(28)19-7-4-14-27(16-19)24(29)22-9-3-6-18-5-1-2-8-21(18)22/h1-3,5-6,8-13,19H,4,7,14,16H2,(H,26,28). The van der Waals surface area contributed by atoms with E-state index in [4.69, 9.17) is 5.26 Å². The molecule has 5 heteroatoms. The van der Waals surface area contributed by atoms with Gasteiger partial charge in [-0.25, -0.2) is 0 Å². The minimum Gasteiger partial charge on any atom is -0.338 e. The van der Waals surface area contributed by atoms with E-state index in [2.05, 4.69) is 11.4 Å². The molecule has 1 saturated heterocycles. The summed E-state index contributed by atoms with van der Waals surface area (Å²) >= 11 is 0. The highest BCUT2D eigenvalue weighted by atomic mass is 16.2. The van der Waals surface area contributed by atoms with E-state index < -0.39 is 0 Å². The van der Waals surface area contributed by atoms with Crippen molar-refractivity contribution in [2.24, 2.45) is 5.92 Å². The number of nitrogens with one attached hydrogen (secondary N) is 1. The Labute approximate surface area is 169 Å². The molecule has 4 rings (SSSR count). The van der Waals surface area contributed by atoms with Crippen molar-refractivity contribution in [3.8, 4) is 6.07 Å². The molecule has 1 unspecified atom stereocenters. The molecule has 1 fully saturated rings. The quantitative estimate of drug-likeness (QED) is 0.737. The van der Waals surface area contributed by atoms with Crippen LogP contribution in [0.3, 0.4) is 0 Å². The van der Waals surface area contributed by atoms with Gasteiger partial charge in [-0.2, -0.15) is 5.26 Å². The van der Waals surface area contributed by atoms with Gasteiger partial charge < -0.3 is 10.2 Å². The molecule has 3 aromatic carbocycles. The van der Waals surface area contributed by atoms with Gasteiger partial charge in [0.15, 0.2) is 0 Å². The molecule has 5 nitrogen and oxygen atoms in total. The molecule has 1 atom stereocenters. The molecule has 0 saturated carbocycles. The van der Waals surface area contributed by atoms with Gasteiger partial charge in [-0.05, 0) is 53.9 Å². The predicted molar refractivity (Wildman–Crippen MR) is 112 cm³/mol. The van der Waals surface area contributed by atoms with Gasteiger partial charge in [0.1, 0.15) is 0 Å². The van der Waals surface area contributed by atoms with Crippen LogP contribution in [0.4, 0.5) is 5.69 Å². The zero-order valence-electron chi connectivity index (χ0n) is 16.0. The van der Waals surface area contributed by atoms with Crippen molar-refractivity contribution < 1.29 is 9.59 Å². The minimum absolute atomic E-state index is 0.0299. The molecule has 3 aromatic rings. The molecule has 1 aliphatic heterocycles. The van der Waals surface area contributed by atoms with Crippen LogP contribution in [-0.2, 0) is 4.79 Å². The summed E-state index contributed by atoms with van der Waals surface area (Å²) in [5.74, 6) is -0.374. The second-order valence-electron chi connectivity index (χ2n) is 7.30. The number of benzene rings is 3. The molecule has 29 heavy (non-hydrogen) atoms. The molecular weight excluding hydrogens is 362 g/mol. The third-order valence-electron chi connectivity index (χ3n) is 5.38. The average molecular weight is 383 g/mol. The van der Waals surface area contributed by atoms with Crippen molar-refractivity contribution in [2.45, 2.75) is 12.8 Å². The predicted octanol–water partition coefficient (Wildman–Crippen LogP) is 4.20. The fourth-order valence-electron chi connectivity index (χ4n) is 3.83. The van der Waals surface area contributed by atoms with E-state index in [0.29, 0.717) is 29.9 Å². The van der Waals surface area contributed by atoms with E-state index in [0.717, 1.165) is 23.6 Å². The van der Waals surface area contributed by atoms with Crippen molar-refractivity contribution in [2.75, 3.05) is 18.4 Å². The summed E-state index contributed by atoms with van der Waals surface area (Å²) in [5, 5.41) is 13.8. The summed E-state index contributed by atoms with van der Waals surface area (Å²) in [4.78, 5) is 27.7. The van der Waals surface area contributed by atoms with Crippen LogP contribution in [0.2, 0.25) is 0 Å². The van der Waals surface area contributed by atoms with Crippen LogP contribution in [0.1, 0.15) is 28.8 Å². The van der Waals surface area contributed by atoms with Crippen molar-refractivity contribution in [1.29, 1.82) is 5.26 Å². The Morgan fingerprint density at radius 1 is 1.00 bits per heavy atom. The van der Waals surface area contributed by atoms with Crippen molar-refractivity contribution in [3.05, 3.63) is 77.9 Å². The number of nitrogens with zero attached hydrogens (tertiary/aromatic N) is 2. The van der Waals surface area contributed by atoms with E-state index in [1.807, 2.05) is 42.5 Å². The number of hydrogen-bond acceptors (Lipinski definition) is 3. The summed E-state index contributed by atoms with van der Waals surface area (Å²) < 4.78 is 0. The van der Waals surface area contributed by atoms with Crippen molar-refractivity contribution in [3.63, 3.8) is 0 Å². The van der Waals surface area contributed by atoms with Crippen LogP contribution in [0, 0.1) is 17.2 Å². The fourth-order valence-corrected chi connectivity index (χ4v) is 3.83. The lowest BCUT2D eigenvalue weighted by atomic mass is 9.95. The van der Waals surface area contributed by atoms with E-state index in [-0.39, 0.29) is 17.7 Å². The van der Waals surface area contributed by atoms with Gasteiger partial charge in [0.2, 0.25) is 5.91 Å². The molecule has 2 amide bonds. The largest absolute Gasteiger partial charge is 0.338 e. The zero-order valence-corrected chi connectivity index (χ0v) is 16.0. The topological polar surface area (TPSA) is 73.2 Å². The zero-order chi connectivity index (χ0) is 20.2. The highest BCUT2D eigenvalue weighted by Crippen LogP contribution is 2.24. The number of piperidine rings is 1. The van der Waals surface area contributed by atoms with E-state index in [9.17, 15) is 9.59 Å². The third-order valence-corrected chi connectivity index (χ3v) is 5.38. The van der Waals surface area contributed by atoms with Gasteiger partial charge in [0.05, 0.1) is 17.6 Å². The van der Waals surface area contributed by atoms with Gasteiger partial charge in [-0.15, -0.1) is 0 Å². The number of hydrogen-bond donors (Lipinski definition) is 1. The molecule has 0 bridgehead atoms. The first-order valence-corrected chi connectivity index (χ1v) is 9.74. The Hall–Kier alpha value is -3.65. The summed E-state index contributed by atoms with van der Waals surface area (Å²) in [6, 6.07) is 22.4. The molecule has 0 aromatic heterocycles. The van der Waals surface area contributed by atoms with Gasteiger partial charge in [-0.1, -0.05) is 36.4 Å². The number of likely N-dealkylation sites (tertiary alicyclic amines) is 1. The smallest absolute Gasteiger partial charge is 0.254 e. The summed E-state index contributed by atoms with van der Waals surface area (Å²) in [6.45, 7) is 1.06. The third kappa shape index (κ3) is 3.97. The lowest BCUT2D eigenvalue weighted by Crippen LogP contribution is -2.43. The first-order chi connectivity index (χ1) is 14.2. The van der Waals surface area contributed by atoms with Gasteiger partial charge in [0, 0.05) is 24.3 Å². The van der Waals surface area contributed by atoms with Crippen LogP contribution < -0.4 is 5.32 Å². The van der Waals surface area contributed by atoms with Crippen LogP contribution in [-0.4, -0.2) is 29.8 Å². The molecule has 144 valence electrons. The molecule has 0 spiro atoms. The van der Waals surface area contributed by atoms with E-state index in [1.54, 1.807) is 29.2 Å².